The van der Waals surface area contributed by atoms with Crippen molar-refractivity contribution in [2.75, 3.05) is 0 Å². The number of carbonyl (C=O) groups is 1. The number of rotatable bonds is 7. The van der Waals surface area contributed by atoms with Crippen LogP contribution in [-0.4, -0.2) is 21.4 Å². The van der Waals surface area contributed by atoms with Gasteiger partial charge in [0.25, 0.3) is 5.91 Å². The number of nitrogens with zero attached hydrogens (tertiary/aromatic N) is 3. The summed E-state index contributed by atoms with van der Waals surface area (Å²) in [5.41, 5.74) is 5.73. The summed E-state index contributed by atoms with van der Waals surface area (Å²) < 4.78 is 8.53. The van der Waals surface area contributed by atoms with Crippen LogP contribution in [0, 0.1) is 6.92 Å². The Labute approximate surface area is 172 Å². The number of halogens is 1. The number of amides is 1. The third-order valence-corrected chi connectivity index (χ3v) is 4.45. The van der Waals surface area contributed by atoms with Gasteiger partial charge in [-0.15, -0.1) is 0 Å². The molecular weight excluding hydrogens is 420 g/mol. The molecule has 0 unspecified atom stereocenters. The summed E-state index contributed by atoms with van der Waals surface area (Å²) in [4.78, 5) is 12.4. The molecule has 1 aromatic heterocycles. The average Bonchev–Trinajstić information content (AvgIpc) is 3.10. The molecule has 0 bridgehead atoms. The van der Waals surface area contributed by atoms with Gasteiger partial charge in [0.2, 0.25) is 0 Å². The van der Waals surface area contributed by atoms with E-state index in [1.54, 1.807) is 16.8 Å². The minimum Gasteiger partial charge on any atom is -0.489 e. The summed E-state index contributed by atoms with van der Waals surface area (Å²) in [6.07, 6.45) is 1.88. The van der Waals surface area contributed by atoms with Crippen molar-refractivity contribution in [3.63, 3.8) is 0 Å². The number of nitrogens with one attached hydrogen (secondary N) is 1. The van der Waals surface area contributed by atoms with Gasteiger partial charge < -0.3 is 4.74 Å². The summed E-state index contributed by atoms with van der Waals surface area (Å²) in [6.45, 7) is 4.68. The molecule has 0 radical (unpaired) electrons. The van der Waals surface area contributed by atoms with E-state index >= 15 is 0 Å². The first-order valence-electron chi connectivity index (χ1n) is 8.80. The van der Waals surface area contributed by atoms with Crippen LogP contribution in [-0.2, 0) is 13.2 Å². The number of ether oxygens (including phenoxy) is 1. The Kier molecular flexibility index (Phi) is 6.60. The summed E-state index contributed by atoms with van der Waals surface area (Å²) >= 11 is 3.40. The van der Waals surface area contributed by atoms with Crippen LogP contribution < -0.4 is 10.2 Å². The van der Waals surface area contributed by atoms with E-state index in [0.717, 1.165) is 27.2 Å². The molecular formula is C21H21BrN4O2. The van der Waals surface area contributed by atoms with Crippen molar-refractivity contribution in [3.8, 4) is 5.75 Å². The number of aromatic nitrogens is 2. The molecule has 6 nitrogen and oxygen atoms in total. The molecule has 0 spiro atoms. The van der Waals surface area contributed by atoms with Crippen LogP contribution in [0.25, 0.3) is 0 Å². The van der Waals surface area contributed by atoms with E-state index in [9.17, 15) is 4.79 Å². The van der Waals surface area contributed by atoms with Gasteiger partial charge in [-0.05, 0) is 61.9 Å². The van der Waals surface area contributed by atoms with Crippen molar-refractivity contribution in [2.24, 2.45) is 5.10 Å². The van der Waals surface area contributed by atoms with Gasteiger partial charge >= 0.3 is 0 Å². The second-order valence-electron chi connectivity index (χ2n) is 6.39. The highest BCUT2D eigenvalue weighted by Crippen LogP contribution is 2.17. The fourth-order valence-corrected chi connectivity index (χ4v) is 2.80. The van der Waals surface area contributed by atoms with Crippen LogP contribution >= 0.6 is 15.9 Å². The monoisotopic (exact) mass is 440 g/mol. The van der Waals surface area contributed by atoms with Crippen LogP contribution in [0.2, 0.25) is 0 Å². The zero-order valence-corrected chi connectivity index (χ0v) is 17.3. The van der Waals surface area contributed by atoms with Crippen LogP contribution in [0.5, 0.6) is 5.75 Å². The summed E-state index contributed by atoms with van der Waals surface area (Å²) in [5, 5.41) is 8.46. The summed E-state index contributed by atoms with van der Waals surface area (Å²) in [7, 11) is 0. The molecule has 0 aliphatic carbocycles. The highest BCUT2D eigenvalue weighted by atomic mass is 79.9. The maximum atomic E-state index is 12.4. The average molecular weight is 441 g/mol. The highest BCUT2D eigenvalue weighted by molar-refractivity contribution is 9.10. The zero-order valence-electron chi connectivity index (χ0n) is 15.7. The third-order valence-electron chi connectivity index (χ3n) is 3.92. The first-order valence-corrected chi connectivity index (χ1v) is 9.60. The molecule has 0 saturated carbocycles. The zero-order chi connectivity index (χ0) is 19.9. The molecule has 1 N–H and O–H groups in total. The fourth-order valence-electron chi connectivity index (χ4n) is 2.53. The Morgan fingerprint density at radius 2 is 2.00 bits per heavy atom. The summed E-state index contributed by atoms with van der Waals surface area (Å²) in [5.74, 6) is 0.508. The van der Waals surface area contributed by atoms with Crippen molar-refractivity contribution in [2.45, 2.75) is 27.0 Å². The van der Waals surface area contributed by atoms with Gasteiger partial charge in [-0.3, -0.25) is 9.48 Å². The van der Waals surface area contributed by atoms with Gasteiger partial charge in [0.15, 0.2) is 0 Å². The van der Waals surface area contributed by atoms with Gasteiger partial charge in [0, 0.05) is 16.2 Å². The molecule has 1 heterocycles. The molecule has 1 amide bonds. The van der Waals surface area contributed by atoms with Crippen molar-refractivity contribution in [1.29, 1.82) is 0 Å². The van der Waals surface area contributed by atoms with Crippen LogP contribution in [0.4, 0.5) is 0 Å². The van der Waals surface area contributed by atoms with Crippen molar-refractivity contribution >= 4 is 27.5 Å². The quantitative estimate of drug-likeness (QED) is 0.438. The Bertz CT molecular complexity index is 980. The molecule has 3 rings (SSSR count). The minimum atomic E-state index is -0.263. The van der Waals surface area contributed by atoms with E-state index in [2.05, 4.69) is 31.6 Å². The first-order chi connectivity index (χ1) is 13.5. The predicted octanol–water partition coefficient (Wildman–Crippen LogP) is 4.34. The first kappa shape index (κ1) is 19.8. The van der Waals surface area contributed by atoms with Crippen LogP contribution in [0.3, 0.4) is 0 Å². The lowest BCUT2D eigenvalue weighted by molar-refractivity contribution is 0.0954. The minimum absolute atomic E-state index is 0.263. The number of hydrazone groups is 1. The van der Waals surface area contributed by atoms with Crippen LogP contribution in [0.1, 0.15) is 28.5 Å². The summed E-state index contributed by atoms with van der Waals surface area (Å²) in [6, 6.07) is 16.8. The van der Waals surface area contributed by atoms with E-state index in [4.69, 9.17) is 4.74 Å². The topological polar surface area (TPSA) is 68.5 Å². The maximum Gasteiger partial charge on any atom is 0.271 e. The SMILES string of the molecule is CC(Cn1ccc(C)n1)=NNC(=O)c1cccc(COc2ccc(Br)cc2)c1. The van der Waals surface area contributed by atoms with Gasteiger partial charge in [0.05, 0.1) is 18.0 Å². The molecule has 2 aromatic carbocycles. The maximum absolute atomic E-state index is 12.4. The molecule has 0 fully saturated rings. The van der Waals surface area contributed by atoms with E-state index < -0.39 is 0 Å². The number of benzene rings is 2. The molecule has 0 aliphatic heterocycles. The molecule has 7 heteroatoms. The number of hydrogen-bond donors (Lipinski definition) is 1. The number of hydrogen-bond acceptors (Lipinski definition) is 4. The lowest BCUT2D eigenvalue weighted by atomic mass is 10.1. The number of aryl methyl sites for hydroxylation is 1. The fraction of sp³-hybridized carbons (Fsp3) is 0.190. The Hall–Kier alpha value is -2.93. The van der Waals surface area contributed by atoms with Crippen molar-refractivity contribution in [3.05, 3.63) is 82.1 Å². The normalized spacial score (nSPS) is 11.3. The number of carbonyl (C=O) groups excluding carboxylic acids is 1. The molecule has 0 atom stereocenters. The van der Waals surface area contributed by atoms with Gasteiger partial charge in [-0.25, -0.2) is 5.43 Å². The lowest BCUT2D eigenvalue weighted by Gasteiger charge is -2.08. The molecule has 3 aromatic rings. The Morgan fingerprint density at radius 3 is 2.71 bits per heavy atom. The Morgan fingerprint density at radius 1 is 1.21 bits per heavy atom. The van der Waals surface area contributed by atoms with Gasteiger partial charge in [-0.1, -0.05) is 28.1 Å². The van der Waals surface area contributed by atoms with E-state index in [-0.39, 0.29) is 5.91 Å². The van der Waals surface area contributed by atoms with Gasteiger partial charge in [-0.2, -0.15) is 10.2 Å². The second kappa shape index (κ2) is 9.32. The van der Waals surface area contributed by atoms with Crippen LogP contribution in [0.15, 0.2) is 70.4 Å². The van der Waals surface area contributed by atoms with Gasteiger partial charge in [0.1, 0.15) is 12.4 Å². The van der Waals surface area contributed by atoms with E-state index in [0.29, 0.717) is 18.7 Å². The predicted molar refractivity (Wildman–Crippen MR) is 112 cm³/mol. The third kappa shape index (κ3) is 5.79. The highest BCUT2D eigenvalue weighted by Gasteiger charge is 2.06. The largest absolute Gasteiger partial charge is 0.489 e. The molecule has 144 valence electrons. The molecule has 0 aliphatic rings. The lowest BCUT2D eigenvalue weighted by Crippen LogP contribution is -2.21. The van der Waals surface area contributed by atoms with Crippen molar-refractivity contribution in [1.82, 2.24) is 15.2 Å². The standard InChI is InChI=1S/C21H21BrN4O2/c1-15-10-11-26(25-15)13-16(2)23-24-21(27)18-5-3-4-17(12-18)14-28-20-8-6-19(22)7-9-20/h3-12H,13-14H2,1-2H3,(H,24,27). The molecule has 28 heavy (non-hydrogen) atoms. The van der Waals surface area contributed by atoms with E-state index in [1.807, 2.05) is 62.5 Å². The Balaban J connectivity index is 1.57. The van der Waals surface area contributed by atoms with Crippen molar-refractivity contribution < 1.29 is 9.53 Å². The smallest absolute Gasteiger partial charge is 0.271 e. The molecule has 0 saturated heterocycles. The second-order valence-corrected chi connectivity index (χ2v) is 7.30. The van der Waals surface area contributed by atoms with E-state index in [1.165, 1.54) is 0 Å².